The van der Waals surface area contributed by atoms with E-state index in [0.29, 0.717) is 32.5 Å². The summed E-state index contributed by atoms with van der Waals surface area (Å²) in [7, 11) is 0. The molecule has 1 N–H and O–H groups in total. The third-order valence-electron chi connectivity index (χ3n) is 3.43. The maximum Gasteiger partial charge on any atom is 0.306 e. The molecule has 1 amide bonds. The fraction of sp³-hybridized carbons (Fsp3) is 0.467. The lowest BCUT2D eigenvalue weighted by atomic mass is 10.1. The van der Waals surface area contributed by atoms with Gasteiger partial charge in [0.2, 0.25) is 5.91 Å². The summed E-state index contributed by atoms with van der Waals surface area (Å²) in [4.78, 5) is 24.4. The van der Waals surface area contributed by atoms with E-state index in [4.69, 9.17) is 9.84 Å². The van der Waals surface area contributed by atoms with Crippen molar-refractivity contribution in [3.63, 3.8) is 0 Å². The number of rotatable bonds is 5. The Balaban J connectivity index is 1.82. The summed E-state index contributed by atoms with van der Waals surface area (Å²) < 4.78 is 18.1. The molecule has 1 atom stereocenters. The van der Waals surface area contributed by atoms with Crippen LogP contribution >= 0.6 is 0 Å². The second-order valence-electron chi connectivity index (χ2n) is 5.06. The molecule has 0 aliphatic carbocycles. The molecule has 1 aliphatic rings. The Morgan fingerprint density at radius 1 is 1.33 bits per heavy atom. The third-order valence-corrected chi connectivity index (χ3v) is 3.43. The summed E-state index contributed by atoms with van der Waals surface area (Å²) in [5.74, 6) is -1.26. The predicted octanol–water partition coefficient (Wildman–Crippen LogP) is 1.46. The van der Waals surface area contributed by atoms with Gasteiger partial charge in [0.15, 0.2) is 0 Å². The van der Waals surface area contributed by atoms with Gasteiger partial charge in [-0.05, 0) is 24.1 Å². The molecule has 1 aromatic carbocycles. The van der Waals surface area contributed by atoms with Crippen LogP contribution in [-0.4, -0.2) is 47.7 Å². The molecule has 1 heterocycles. The molecular weight excluding hydrogens is 277 g/mol. The Kier molecular flexibility index (Phi) is 5.27. The average molecular weight is 295 g/mol. The molecule has 1 unspecified atom stereocenters. The highest BCUT2D eigenvalue weighted by Crippen LogP contribution is 2.12. The molecule has 2 rings (SSSR count). The lowest BCUT2D eigenvalue weighted by Crippen LogP contribution is -2.46. The molecule has 0 radical (unpaired) electrons. The number of nitrogens with zero attached hydrogens (tertiary/aromatic N) is 1. The first kappa shape index (κ1) is 15.4. The maximum atomic E-state index is 12.8. The van der Waals surface area contributed by atoms with E-state index in [1.165, 1.54) is 12.1 Å². The molecule has 0 saturated carbocycles. The first-order valence-corrected chi connectivity index (χ1v) is 6.90. The van der Waals surface area contributed by atoms with Gasteiger partial charge < -0.3 is 14.7 Å². The van der Waals surface area contributed by atoms with E-state index in [2.05, 4.69) is 0 Å². The van der Waals surface area contributed by atoms with Crippen LogP contribution in [0.15, 0.2) is 24.3 Å². The zero-order valence-electron chi connectivity index (χ0n) is 11.6. The second kappa shape index (κ2) is 7.17. The van der Waals surface area contributed by atoms with Crippen molar-refractivity contribution >= 4 is 11.9 Å². The molecular formula is C15H18FNO4. The first-order valence-electron chi connectivity index (χ1n) is 6.90. The van der Waals surface area contributed by atoms with Crippen molar-refractivity contribution in [3.8, 4) is 0 Å². The average Bonchev–Trinajstić information content (AvgIpc) is 2.46. The Hall–Kier alpha value is -1.95. The lowest BCUT2D eigenvalue weighted by molar-refractivity contribution is -0.147. The summed E-state index contributed by atoms with van der Waals surface area (Å²) in [6.45, 7) is 1.16. The number of carbonyl (C=O) groups excluding carboxylic acids is 1. The molecule has 1 aliphatic heterocycles. The molecule has 0 spiro atoms. The Morgan fingerprint density at radius 3 is 2.71 bits per heavy atom. The number of aliphatic carboxylic acids is 1. The van der Waals surface area contributed by atoms with Crippen molar-refractivity contribution in [1.29, 1.82) is 0 Å². The number of carbonyl (C=O) groups is 2. The van der Waals surface area contributed by atoms with Gasteiger partial charge in [0, 0.05) is 19.5 Å². The number of hydrogen-bond acceptors (Lipinski definition) is 3. The Labute approximate surface area is 122 Å². The van der Waals surface area contributed by atoms with Gasteiger partial charge in [0.25, 0.3) is 0 Å². The summed E-state index contributed by atoms with van der Waals surface area (Å²) in [5.41, 5.74) is 0.903. The number of amides is 1. The van der Waals surface area contributed by atoms with Gasteiger partial charge in [-0.2, -0.15) is 0 Å². The van der Waals surface area contributed by atoms with Crippen molar-refractivity contribution in [2.24, 2.45) is 0 Å². The van der Waals surface area contributed by atoms with Crippen molar-refractivity contribution in [2.45, 2.75) is 25.4 Å². The van der Waals surface area contributed by atoms with Crippen LogP contribution in [0.1, 0.15) is 18.4 Å². The number of aryl methyl sites for hydroxylation is 1. The lowest BCUT2D eigenvalue weighted by Gasteiger charge is -2.32. The normalized spacial score (nSPS) is 18.5. The predicted molar refractivity (Wildman–Crippen MR) is 73.3 cm³/mol. The maximum absolute atomic E-state index is 12.8. The van der Waals surface area contributed by atoms with E-state index in [1.54, 1.807) is 17.0 Å². The number of morpholine rings is 1. The molecule has 21 heavy (non-hydrogen) atoms. The van der Waals surface area contributed by atoms with Crippen molar-refractivity contribution in [1.82, 2.24) is 4.90 Å². The topological polar surface area (TPSA) is 66.8 Å². The Morgan fingerprint density at radius 2 is 2.05 bits per heavy atom. The molecule has 6 heteroatoms. The van der Waals surface area contributed by atoms with Gasteiger partial charge >= 0.3 is 5.97 Å². The highest BCUT2D eigenvalue weighted by Gasteiger charge is 2.25. The van der Waals surface area contributed by atoms with Crippen molar-refractivity contribution in [3.05, 3.63) is 35.6 Å². The van der Waals surface area contributed by atoms with E-state index < -0.39 is 12.1 Å². The number of halogens is 1. The fourth-order valence-electron chi connectivity index (χ4n) is 2.32. The van der Waals surface area contributed by atoms with Crippen LogP contribution in [0, 0.1) is 5.82 Å². The smallest absolute Gasteiger partial charge is 0.306 e. The summed E-state index contributed by atoms with van der Waals surface area (Å²) in [6.07, 6.45) is 0.332. The van der Waals surface area contributed by atoms with Crippen LogP contribution in [-0.2, 0) is 20.7 Å². The van der Waals surface area contributed by atoms with Crippen LogP contribution in [0.3, 0.4) is 0 Å². The number of hydrogen-bond donors (Lipinski definition) is 1. The zero-order valence-corrected chi connectivity index (χ0v) is 11.6. The number of carboxylic acids is 1. The molecule has 1 aromatic rings. The minimum Gasteiger partial charge on any atom is -0.481 e. The molecule has 1 fully saturated rings. The minimum atomic E-state index is -0.930. The van der Waals surface area contributed by atoms with Crippen LogP contribution in [0.5, 0.6) is 0 Å². The molecule has 1 saturated heterocycles. The monoisotopic (exact) mass is 295 g/mol. The highest BCUT2D eigenvalue weighted by atomic mass is 19.1. The third kappa shape index (κ3) is 4.82. The first-order chi connectivity index (χ1) is 10.0. The van der Waals surface area contributed by atoms with E-state index in [-0.39, 0.29) is 18.1 Å². The highest BCUT2D eigenvalue weighted by molar-refractivity contribution is 5.76. The summed E-state index contributed by atoms with van der Waals surface area (Å²) in [5, 5.41) is 8.75. The fourth-order valence-corrected chi connectivity index (χ4v) is 2.32. The number of benzene rings is 1. The van der Waals surface area contributed by atoms with Crippen molar-refractivity contribution in [2.75, 3.05) is 19.7 Å². The van der Waals surface area contributed by atoms with E-state index in [1.807, 2.05) is 0 Å². The quantitative estimate of drug-likeness (QED) is 0.893. The number of ether oxygens (including phenoxy) is 1. The van der Waals surface area contributed by atoms with Crippen molar-refractivity contribution < 1.29 is 23.8 Å². The van der Waals surface area contributed by atoms with Gasteiger partial charge in [-0.25, -0.2) is 4.39 Å². The van der Waals surface area contributed by atoms with Crippen LogP contribution in [0.4, 0.5) is 4.39 Å². The number of carboxylic acid groups (broad SMARTS) is 1. The molecule has 0 bridgehead atoms. The minimum absolute atomic E-state index is 0.0296. The SMILES string of the molecule is O=C(O)CC1CN(C(=O)CCc2ccc(F)cc2)CCO1. The van der Waals surface area contributed by atoms with Crippen LogP contribution in [0.25, 0.3) is 0 Å². The Bertz CT molecular complexity index is 503. The van der Waals surface area contributed by atoms with E-state index in [9.17, 15) is 14.0 Å². The van der Waals surface area contributed by atoms with E-state index >= 15 is 0 Å². The molecule has 5 nitrogen and oxygen atoms in total. The van der Waals surface area contributed by atoms with Gasteiger partial charge in [-0.1, -0.05) is 12.1 Å². The standard InChI is InChI=1S/C15H18FNO4/c16-12-4-1-11(2-5-12)3-6-14(18)17-7-8-21-13(10-17)9-15(19)20/h1-2,4-5,13H,3,6-10H2,(H,19,20). The van der Waals surface area contributed by atoms with Gasteiger partial charge in [0.1, 0.15) is 5.82 Å². The molecule has 114 valence electrons. The van der Waals surface area contributed by atoms with Gasteiger partial charge in [0.05, 0.1) is 19.1 Å². The zero-order chi connectivity index (χ0) is 15.2. The van der Waals surface area contributed by atoms with Crippen LogP contribution < -0.4 is 0 Å². The van der Waals surface area contributed by atoms with Gasteiger partial charge in [-0.3, -0.25) is 9.59 Å². The molecule has 0 aromatic heterocycles. The largest absolute Gasteiger partial charge is 0.481 e. The van der Waals surface area contributed by atoms with Crippen LogP contribution in [0.2, 0.25) is 0 Å². The van der Waals surface area contributed by atoms with Gasteiger partial charge in [-0.15, -0.1) is 0 Å². The van der Waals surface area contributed by atoms with E-state index in [0.717, 1.165) is 5.56 Å². The summed E-state index contributed by atoms with van der Waals surface area (Å²) in [6, 6.07) is 6.07. The second-order valence-corrected chi connectivity index (χ2v) is 5.06. The summed E-state index contributed by atoms with van der Waals surface area (Å²) >= 11 is 0.